The van der Waals surface area contributed by atoms with Crippen molar-refractivity contribution in [1.82, 2.24) is 4.90 Å². The third-order valence-electron chi connectivity index (χ3n) is 4.89. The van der Waals surface area contributed by atoms with Gasteiger partial charge < -0.3 is 5.73 Å². The van der Waals surface area contributed by atoms with Crippen molar-refractivity contribution in [1.29, 1.82) is 0 Å². The van der Waals surface area contributed by atoms with E-state index in [1.54, 1.807) is 0 Å². The molecule has 4 heteroatoms. The van der Waals surface area contributed by atoms with Crippen LogP contribution in [-0.2, 0) is 0 Å². The number of thiophene rings is 1. The lowest BCUT2D eigenvalue weighted by Gasteiger charge is -2.38. The normalized spacial score (nSPS) is 25.1. The fourth-order valence-corrected chi connectivity index (χ4v) is 5.07. The molecule has 2 nitrogen and oxygen atoms in total. The average molecular weight is 359 g/mol. The second-order valence-electron chi connectivity index (χ2n) is 6.05. The van der Waals surface area contributed by atoms with E-state index in [9.17, 15) is 0 Å². The number of hydrogen-bond donors (Lipinski definition) is 1. The number of rotatable bonds is 5. The lowest BCUT2D eigenvalue weighted by Crippen LogP contribution is -2.40. The summed E-state index contributed by atoms with van der Waals surface area (Å²) in [5.41, 5.74) is 6.07. The molecule has 0 aliphatic heterocycles. The Bertz CT molecular complexity index is 405. The second kappa shape index (κ2) is 7.39. The molecule has 1 saturated carbocycles. The molecule has 1 aromatic rings. The Balaban J connectivity index is 2.04. The van der Waals surface area contributed by atoms with Crippen LogP contribution < -0.4 is 5.73 Å². The monoisotopic (exact) mass is 358 g/mol. The molecule has 1 aliphatic carbocycles. The third-order valence-corrected chi connectivity index (χ3v) is 7.13. The van der Waals surface area contributed by atoms with Gasteiger partial charge in [-0.1, -0.05) is 13.3 Å². The average Bonchev–Trinajstić information content (AvgIpc) is 2.79. The van der Waals surface area contributed by atoms with Gasteiger partial charge in [0, 0.05) is 26.8 Å². The summed E-state index contributed by atoms with van der Waals surface area (Å²) in [6.07, 6.45) is 6.77. The lowest BCUT2D eigenvalue weighted by molar-refractivity contribution is 0.123. The first-order valence-corrected chi connectivity index (χ1v) is 9.35. The predicted molar refractivity (Wildman–Crippen MR) is 92.4 cm³/mol. The molecule has 20 heavy (non-hydrogen) atoms. The van der Waals surface area contributed by atoms with E-state index < -0.39 is 0 Å². The molecular formula is C16H27BrN2S. The first-order valence-electron chi connectivity index (χ1n) is 7.74. The summed E-state index contributed by atoms with van der Waals surface area (Å²) in [7, 11) is 2.26. The summed E-state index contributed by atoms with van der Waals surface area (Å²) in [6, 6.07) is 3.33. The third kappa shape index (κ3) is 3.65. The highest BCUT2D eigenvalue weighted by molar-refractivity contribution is 9.10. The summed E-state index contributed by atoms with van der Waals surface area (Å²) < 4.78 is 1.22. The summed E-state index contributed by atoms with van der Waals surface area (Å²) in [5, 5.41) is 0. The van der Waals surface area contributed by atoms with E-state index in [4.69, 9.17) is 5.73 Å². The molecule has 1 unspecified atom stereocenters. The van der Waals surface area contributed by atoms with Gasteiger partial charge in [0.05, 0.1) is 6.04 Å². The molecule has 2 N–H and O–H groups in total. The fraction of sp³-hybridized carbons (Fsp3) is 0.750. The van der Waals surface area contributed by atoms with Crippen LogP contribution in [0.15, 0.2) is 10.5 Å². The van der Waals surface area contributed by atoms with Gasteiger partial charge in [0.1, 0.15) is 0 Å². The standard InChI is InChI=1S/C16H27BrN2S/c1-4-12-5-7-13(8-6-12)19(3)15(10-18)16-9-14(17)11(2)20-16/h9,12-13,15H,4-8,10,18H2,1-3H3. The maximum atomic E-state index is 6.07. The smallest absolute Gasteiger partial charge is 0.0564 e. The maximum absolute atomic E-state index is 6.07. The van der Waals surface area contributed by atoms with Crippen LogP contribution in [0.2, 0.25) is 0 Å². The van der Waals surface area contributed by atoms with Gasteiger partial charge in [0.2, 0.25) is 0 Å². The van der Waals surface area contributed by atoms with E-state index in [0.29, 0.717) is 18.6 Å². The van der Waals surface area contributed by atoms with Crippen molar-refractivity contribution in [2.45, 2.75) is 58.0 Å². The summed E-state index contributed by atoms with van der Waals surface area (Å²) in [5.74, 6) is 0.953. The van der Waals surface area contributed by atoms with Crippen molar-refractivity contribution < 1.29 is 0 Å². The molecule has 0 aromatic carbocycles. The number of likely N-dealkylation sites (N-methyl/N-ethyl adjacent to an activating group) is 1. The topological polar surface area (TPSA) is 29.3 Å². The number of nitrogens with two attached hydrogens (primary N) is 1. The van der Waals surface area contributed by atoms with E-state index in [0.717, 1.165) is 5.92 Å². The zero-order chi connectivity index (χ0) is 14.7. The maximum Gasteiger partial charge on any atom is 0.0564 e. The predicted octanol–water partition coefficient (Wildman–Crippen LogP) is 4.72. The van der Waals surface area contributed by atoms with Gasteiger partial charge in [-0.25, -0.2) is 0 Å². The second-order valence-corrected chi connectivity index (χ2v) is 8.19. The molecule has 1 atom stereocenters. The van der Waals surface area contributed by atoms with Crippen LogP contribution >= 0.6 is 27.3 Å². The van der Waals surface area contributed by atoms with Crippen molar-refractivity contribution in [3.63, 3.8) is 0 Å². The van der Waals surface area contributed by atoms with Gasteiger partial charge >= 0.3 is 0 Å². The molecule has 0 spiro atoms. The van der Waals surface area contributed by atoms with Crippen molar-refractivity contribution >= 4 is 27.3 Å². The number of hydrogen-bond acceptors (Lipinski definition) is 3. The zero-order valence-corrected chi connectivity index (χ0v) is 15.3. The quantitative estimate of drug-likeness (QED) is 0.824. The molecule has 1 aliphatic rings. The summed E-state index contributed by atoms with van der Waals surface area (Å²) >= 11 is 5.50. The number of halogens is 1. The molecule has 1 aromatic heterocycles. The van der Waals surface area contributed by atoms with E-state index >= 15 is 0 Å². The van der Waals surface area contributed by atoms with Crippen molar-refractivity contribution in [2.24, 2.45) is 11.7 Å². The van der Waals surface area contributed by atoms with Gasteiger partial charge in [0.25, 0.3) is 0 Å². The molecule has 1 heterocycles. The Morgan fingerprint density at radius 2 is 2.05 bits per heavy atom. The first-order chi connectivity index (χ1) is 9.56. The van der Waals surface area contributed by atoms with Crippen LogP contribution in [-0.4, -0.2) is 24.5 Å². The van der Waals surface area contributed by atoms with Crippen LogP contribution in [0.25, 0.3) is 0 Å². The first kappa shape index (κ1) is 16.5. The highest BCUT2D eigenvalue weighted by atomic mass is 79.9. The lowest BCUT2D eigenvalue weighted by atomic mass is 9.83. The molecule has 0 saturated heterocycles. The van der Waals surface area contributed by atoms with E-state index in [1.807, 2.05) is 11.3 Å². The molecule has 114 valence electrons. The van der Waals surface area contributed by atoms with Crippen LogP contribution in [0.4, 0.5) is 0 Å². The minimum atomic E-state index is 0.369. The van der Waals surface area contributed by atoms with Gasteiger partial charge in [-0.15, -0.1) is 11.3 Å². The Morgan fingerprint density at radius 1 is 1.40 bits per heavy atom. The molecule has 0 amide bonds. The van der Waals surface area contributed by atoms with Crippen LogP contribution in [0.3, 0.4) is 0 Å². The van der Waals surface area contributed by atoms with Crippen LogP contribution in [0.1, 0.15) is 54.8 Å². The Morgan fingerprint density at radius 3 is 2.50 bits per heavy atom. The zero-order valence-electron chi connectivity index (χ0n) is 12.9. The highest BCUT2D eigenvalue weighted by Gasteiger charge is 2.28. The molecule has 2 rings (SSSR count). The fourth-order valence-electron chi connectivity index (χ4n) is 3.34. The molecular weight excluding hydrogens is 332 g/mol. The Labute approximate surface area is 135 Å². The van der Waals surface area contributed by atoms with E-state index in [-0.39, 0.29) is 0 Å². The van der Waals surface area contributed by atoms with Crippen LogP contribution in [0.5, 0.6) is 0 Å². The SMILES string of the molecule is CCC1CCC(N(C)C(CN)c2cc(Br)c(C)s2)CC1. The Kier molecular flexibility index (Phi) is 6.09. The van der Waals surface area contributed by atoms with Gasteiger partial charge in [-0.05, 0) is 67.6 Å². The minimum Gasteiger partial charge on any atom is -0.329 e. The van der Waals surface area contributed by atoms with Crippen molar-refractivity contribution in [2.75, 3.05) is 13.6 Å². The van der Waals surface area contributed by atoms with Crippen molar-refractivity contribution in [3.8, 4) is 0 Å². The van der Waals surface area contributed by atoms with Gasteiger partial charge in [-0.3, -0.25) is 4.90 Å². The minimum absolute atomic E-state index is 0.369. The van der Waals surface area contributed by atoms with Crippen molar-refractivity contribution in [3.05, 3.63) is 20.3 Å². The largest absolute Gasteiger partial charge is 0.329 e. The van der Waals surface area contributed by atoms with Crippen LogP contribution in [0, 0.1) is 12.8 Å². The van der Waals surface area contributed by atoms with Gasteiger partial charge in [0.15, 0.2) is 0 Å². The Hall–Kier alpha value is 0.1000. The molecule has 1 fully saturated rings. The van der Waals surface area contributed by atoms with Gasteiger partial charge in [-0.2, -0.15) is 0 Å². The molecule has 0 bridgehead atoms. The summed E-state index contributed by atoms with van der Waals surface area (Å²) in [6.45, 7) is 5.19. The number of nitrogens with zero attached hydrogens (tertiary/aromatic N) is 1. The summed E-state index contributed by atoms with van der Waals surface area (Å²) in [4.78, 5) is 5.28. The number of aryl methyl sites for hydroxylation is 1. The van der Waals surface area contributed by atoms with E-state index in [1.165, 1.54) is 46.3 Å². The highest BCUT2D eigenvalue weighted by Crippen LogP contribution is 2.36. The molecule has 0 radical (unpaired) electrons. The van der Waals surface area contributed by atoms with E-state index in [2.05, 4.69) is 47.8 Å².